The quantitative estimate of drug-likeness (QED) is 0.631. The van der Waals surface area contributed by atoms with Crippen molar-refractivity contribution >= 4 is 17.3 Å². The van der Waals surface area contributed by atoms with Gasteiger partial charge in [0.25, 0.3) is 0 Å². The fourth-order valence-corrected chi connectivity index (χ4v) is 2.09. The summed E-state index contributed by atoms with van der Waals surface area (Å²) in [6.07, 6.45) is 1.10. The highest BCUT2D eigenvalue weighted by atomic mass is 16.5. The number of anilines is 2. The lowest BCUT2D eigenvalue weighted by Gasteiger charge is -2.11. The minimum Gasteiger partial charge on any atom is -0.493 e. The molecule has 0 aliphatic rings. The number of nitrogens with one attached hydrogen (secondary N) is 1. The molecule has 0 aromatic heterocycles. The van der Waals surface area contributed by atoms with Crippen LogP contribution in [0, 0.1) is 13.8 Å². The van der Waals surface area contributed by atoms with Gasteiger partial charge in [-0.25, -0.2) is 0 Å². The molecule has 22 heavy (non-hydrogen) atoms. The minimum absolute atomic E-state index is 0.0191. The second kappa shape index (κ2) is 7.50. The highest BCUT2D eigenvalue weighted by molar-refractivity contribution is 5.90. The number of nitrogen functional groups attached to an aromatic ring is 1. The van der Waals surface area contributed by atoms with Crippen molar-refractivity contribution in [1.29, 1.82) is 0 Å². The number of carbonyl (C=O) groups is 1. The summed E-state index contributed by atoms with van der Waals surface area (Å²) in [4.78, 5) is 11.8. The molecule has 0 unspecified atom stereocenters. The predicted molar refractivity (Wildman–Crippen MR) is 90.1 cm³/mol. The van der Waals surface area contributed by atoms with E-state index in [4.69, 9.17) is 10.5 Å². The van der Waals surface area contributed by atoms with Crippen molar-refractivity contribution in [2.45, 2.75) is 26.7 Å². The van der Waals surface area contributed by atoms with Crippen molar-refractivity contribution < 1.29 is 9.53 Å². The molecule has 0 atom stereocenters. The van der Waals surface area contributed by atoms with Crippen LogP contribution in [-0.2, 0) is 4.79 Å². The maximum Gasteiger partial charge on any atom is 0.224 e. The summed E-state index contributed by atoms with van der Waals surface area (Å²) in [5.74, 6) is 0.869. The van der Waals surface area contributed by atoms with Crippen LogP contribution in [0.15, 0.2) is 42.5 Å². The summed E-state index contributed by atoms with van der Waals surface area (Å²) < 4.78 is 5.74. The van der Waals surface area contributed by atoms with Crippen molar-refractivity contribution in [3.8, 4) is 5.75 Å². The van der Waals surface area contributed by atoms with Crippen LogP contribution in [-0.4, -0.2) is 12.5 Å². The molecule has 0 saturated heterocycles. The number of hydrogen-bond acceptors (Lipinski definition) is 3. The first-order valence-corrected chi connectivity index (χ1v) is 7.40. The van der Waals surface area contributed by atoms with E-state index >= 15 is 0 Å². The van der Waals surface area contributed by atoms with Crippen molar-refractivity contribution in [2.75, 3.05) is 17.7 Å². The van der Waals surface area contributed by atoms with Crippen molar-refractivity contribution in [3.63, 3.8) is 0 Å². The van der Waals surface area contributed by atoms with E-state index in [-0.39, 0.29) is 5.91 Å². The number of aryl methyl sites for hydroxylation is 1. The third-order valence-electron chi connectivity index (χ3n) is 3.56. The van der Waals surface area contributed by atoms with E-state index in [1.807, 2.05) is 19.1 Å². The van der Waals surface area contributed by atoms with Crippen LogP contribution in [0.1, 0.15) is 24.0 Å². The number of amides is 1. The van der Waals surface area contributed by atoms with Gasteiger partial charge in [-0.3, -0.25) is 4.79 Å². The molecule has 2 aromatic carbocycles. The lowest BCUT2D eigenvalue weighted by atomic mass is 10.1. The third kappa shape index (κ3) is 4.52. The van der Waals surface area contributed by atoms with Gasteiger partial charge in [0.15, 0.2) is 0 Å². The molecule has 2 rings (SSSR count). The standard InChI is InChI=1S/C18H22N2O2/c1-13-5-3-6-17(14(13)2)22-12-4-7-18(21)20-16-10-8-15(19)9-11-16/h3,5-6,8-11H,4,7,12,19H2,1-2H3,(H,20,21). The molecule has 0 spiro atoms. The van der Waals surface area contributed by atoms with Gasteiger partial charge in [0.2, 0.25) is 5.91 Å². The van der Waals surface area contributed by atoms with Gasteiger partial charge in [-0.05, 0) is 61.7 Å². The van der Waals surface area contributed by atoms with Gasteiger partial charge in [-0.1, -0.05) is 12.1 Å². The summed E-state index contributed by atoms with van der Waals surface area (Å²) in [5.41, 5.74) is 9.40. The topological polar surface area (TPSA) is 64.3 Å². The van der Waals surface area contributed by atoms with Gasteiger partial charge in [0, 0.05) is 17.8 Å². The Morgan fingerprint density at radius 1 is 1.14 bits per heavy atom. The smallest absolute Gasteiger partial charge is 0.224 e. The minimum atomic E-state index is -0.0191. The van der Waals surface area contributed by atoms with Crippen LogP contribution < -0.4 is 15.8 Å². The Hall–Kier alpha value is -2.49. The monoisotopic (exact) mass is 298 g/mol. The van der Waals surface area contributed by atoms with Gasteiger partial charge in [-0.2, -0.15) is 0 Å². The summed E-state index contributed by atoms with van der Waals surface area (Å²) in [6.45, 7) is 4.63. The maximum atomic E-state index is 11.8. The molecule has 0 saturated carbocycles. The van der Waals surface area contributed by atoms with Crippen LogP contribution in [0.5, 0.6) is 5.75 Å². The van der Waals surface area contributed by atoms with Gasteiger partial charge in [0.05, 0.1) is 6.61 Å². The molecule has 116 valence electrons. The van der Waals surface area contributed by atoms with E-state index in [1.165, 1.54) is 5.56 Å². The van der Waals surface area contributed by atoms with Crippen LogP contribution in [0.4, 0.5) is 11.4 Å². The van der Waals surface area contributed by atoms with E-state index in [1.54, 1.807) is 24.3 Å². The molecule has 0 aliphatic heterocycles. The first-order valence-electron chi connectivity index (χ1n) is 7.40. The zero-order valence-electron chi connectivity index (χ0n) is 13.1. The number of benzene rings is 2. The van der Waals surface area contributed by atoms with Crippen LogP contribution in [0.25, 0.3) is 0 Å². The average Bonchev–Trinajstić information content (AvgIpc) is 2.50. The average molecular weight is 298 g/mol. The second-order valence-corrected chi connectivity index (χ2v) is 5.32. The third-order valence-corrected chi connectivity index (χ3v) is 3.56. The van der Waals surface area contributed by atoms with Crippen molar-refractivity contribution in [2.24, 2.45) is 0 Å². The largest absolute Gasteiger partial charge is 0.493 e. The van der Waals surface area contributed by atoms with E-state index in [2.05, 4.69) is 18.3 Å². The molecule has 0 radical (unpaired) electrons. The van der Waals surface area contributed by atoms with Gasteiger partial charge in [0.1, 0.15) is 5.75 Å². The summed E-state index contributed by atoms with van der Waals surface area (Å²) in [5, 5.41) is 2.84. The van der Waals surface area contributed by atoms with Gasteiger partial charge in [-0.15, -0.1) is 0 Å². The van der Waals surface area contributed by atoms with Crippen LogP contribution in [0.2, 0.25) is 0 Å². The Kier molecular flexibility index (Phi) is 5.42. The number of nitrogens with two attached hydrogens (primary N) is 1. The molecule has 4 heteroatoms. The Balaban J connectivity index is 1.73. The summed E-state index contributed by atoms with van der Waals surface area (Å²) >= 11 is 0. The van der Waals surface area contributed by atoms with Crippen molar-refractivity contribution in [1.82, 2.24) is 0 Å². The molecular formula is C18H22N2O2. The Labute approximate surface area is 131 Å². The van der Waals surface area contributed by atoms with Crippen molar-refractivity contribution in [3.05, 3.63) is 53.6 Å². The summed E-state index contributed by atoms with van der Waals surface area (Å²) in [6, 6.07) is 13.1. The van der Waals surface area contributed by atoms with Crippen LogP contribution in [0.3, 0.4) is 0 Å². The first kappa shape index (κ1) is 15.9. The SMILES string of the molecule is Cc1cccc(OCCCC(=O)Nc2ccc(N)cc2)c1C. The number of ether oxygens (including phenoxy) is 1. The lowest BCUT2D eigenvalue weighted by Crippen LogP contribution is -2.13. The zero-order chi connectivity index (χ0) is 15.9. The lowest BCUT2D eigenvalue weighted by molar-refractivity contribution is -0.116. The normalized spacial score (nSPS) is 10.3. The molecule has 0 aliphatic carbocycles. The zero-order valence-corrected chi connectivity index (χ0v) is 13.1. The predicted octanol–water partition coefficient (Wildman–Crippen LogP) is 3.68. The highest BCUT2D eigenvalue weighted by Crippen LogP contribution is 2.20. The summed E-state index contributed by atoms with van der Waals surface area (Å²) in [7, 11) is 0. The van der Waals surface area contributed by atoms with Gasteiger partial charge < -0.3 is 15.8 Å². The number of rotatable bonds is 6. The fraction of sp³-hybridized carbons (Fsp3) is 0.278. The molecular weight excluding hydrogens is 276 g/mol. The van der Waals surface area contributed by atoms with E-state index in [0.717, 1.165) is 17.0 Å². The number of carbonyl (C=O) groups excluding carboxylic acids is 1. The molecule has 3 N–H and O–H groups in total. The highest BCUT2D eigenvalue weighted by Gasteiger charge is 2.04. The van der Waals surface area contributed by atoms with Crippen LogP contribution >= 0.6 is 0 Å². The molecule has 0 bridgehead atoms. The van der Waals surface area contributed by atoms with E-state index < -0.39 is 0 Å². The molecule has 4 nitrogen and oxygen atoms in total. The number of hydrogen-bond donors (Lipinski definition) is 2. The van der Waals surface area contributed by atoms with E-state index in [0.29, 0.717) is 25.1 Å². The van der Waals surface area contributed by atoms with E-state index in [9.17, 15) is 4.79 Å². The second-order valence-electron chi connectivity index (χ2n) is 5.32. The molecule has 2 aromatic rings. The van der Waals surface area contributed by atoms with Gasteiger partial charge >= 0.3 is 0 Å². The maximum absolute atomic E-state index is 11.8. The Bertz CT molecular complexity index is 636. The molecule has 1 amide bonds. The molecule has 0 fully saturated rings. The Morgan fingerprint density at radius 3 is 2.59 bits per heavy atom. The fourth-order valence-electron chi connectivity index (χ4n) is 2.09. The first-order chi connectivity index (χ1) is 10.6. The Morgan fingerprint density at radius 2 is 1.86 bits per heavy atom. The molecule has 0 heterocycles.